The van der Waals surface area contributed by atoms with E-state index in [0.717, 1.165) is 12.3 Å². The summed E-state index contributed by atoms with van der Waals surface area (Å²) in [5, 5.41) is 6.37. The minimum atomic E-state index is 0.203. The number of amides is 1. The topological polar surface area (TPSA) is 58.2 Å². The van der Waals surface area contributed by atoms with Gasteiger partial charge in [-0.15, -0.1) is 0 Å². The van der Waals surface area contributed by atoms with Gasteiger partial charge in [0.05, 0.1) is 0 Å². The molecular formula is C20H44N2O2. The van der Waals surface area contributed by atoms with E-state index in [2.05, 4.69) is 10.6 Å². The zero-order chi connectivity index (χ0) is 19.6. The molecule has 146 valence electrons. The molecule has 2 rings (SSSR count). The van der Waals surface area contributed by atoms with Crippen molar-refractivity contribution in [1.29, 1.82) is 0 Å². The first-order valence-electron chi connectivity index (χ1n) is 9.99. The molecule has 0 aromatic heterocycles. The summed E-state index contributed by atoms with van der Waals surface area (Å²) in [6.45, 7) is 15.7. The number of hydrogen-bond donors (Lipinski definition) is 2. The fourth-order valence-electron chi connectivity index (χ4n) is 2.94. The quantitative estimate of drug-likeness (QED) is 0.726. The Morgan fingerprint density at radius 2 is 1.33 bits per heavy atom. The van der Waals surface area contributed by atoms with Crippen LogP contribution < -0.4 is 10.6 Å². The monoisotopic (exact) mass is 344 g/mol. The van der Waals surface area contributed by atoms with Gasteiger partial charge in [-0.2, -0.15) is 0 Å². The highest BCUT2D eigenvalue weighted by Gasteiger charge is 2.52. The lowest BCUT2D eigenvalue weighted by Crippen LogP contribution is -2.60. The van der Waals surface area contributed by atoms with E-state index in [1.165, 1.54) is 25.7 Å². The van der Waals surface area contributed by atoms with Gasteiger partial charge in [-0.1, -0.05) is 55.4 Å². The Morgan fingerprint density at radius 3 is 1.62 bits per heavy atom. The predicted molar refractivity (Wildman–Crippen MR) is 106 cm³/mol. The molecule has 0 aromatic rings. The molecule has 4 nitrogen and oxygen atoms in total. The second-order valence-electron chi connectivity index (χ2n) is 5.50. The molecule has 0 aliphatic heterocycles. The summed E-state index contributed by atoms with van der Waals surface area (Å²) in [6.07, 6.45) is 7.15. The highest BCUT2D eigenvalue weighted by Crippen LogP contribution is 2.55. The van der Waals surface area contributed by atoms with Crippen LogP contribution in [0, 0.1) is 5.41 Å². The van der Waals surface area contributed by atoms with Crippen molar-refractivity contribution < 1.29 is 9.59 Å². The van der Waals surface area contributed by atoms with Gasteiger partial charge in [-0.3, -0.25) is 4.79 Å². The summed E-state index contributed by atoms with van der Waals surface area (Å²) >= 11 is 0. The van der Waals surface area contributed by atoms with Crippen molar-refractivity contribution in [3.05, 3.63) is 0 Å². The summed E-state index contributed by atoms with van der Waals surface area (Å²) < 4.78 is 0. The average Bonchev–Trinajstić information content (AvgIpc) is 2.61. The van der Waals surface area contributed by atoms with Gasteiger partial charge in [0.2, 0.25) is 5.91 Å². The molecule has 1 spiro atoms. The largest absolute Gasteiger partial charge is 0.353 e. The first-order valence-corrected chi connectivity index (χ1v) is 9.99. The van der Waals surface area contributed by atoms with Crippen molar-refractivity contribution in [3.63, 3.8) is 0 Å². The van der Waals surface area contributed by atoms with E-state index in [9.17, 15) is 9.59 Å². The van der Waals surface area contributed by atoms with E-state index in [1.54, 1.807) is 0 Å². The molecule has 0 radical (unpaired) electrons. The number of rotatable bonds is 4. The van der Waals surface area contributed by atoms with E-state index < -0.39 is 0 Å². The van der Waals surface area contributed by atoms with Gasteiger partial charge in [0, 0.05) is 24.9 Å². The van der Waals surface area contributed by atoms with E-state index >= 15 is 0 Å². The Hall–Kier alpha value is -0.900. The lowest BCUT2D eigenvalue weighted by atomic mass is 9.52. The molecule has 4 heteroatoms. The van der Waals surface area contributed by atoms with Crippen LogP contribution >= 0.6 is 0 Å². The summed E-state index contributed by atoms with van der Waals surface area (Å²) in [5.41, 5.74) is 0.597. The van der Waals surface area contributed by atoms with Gasteiger partial charge in [-0.05, 0) is 38.1 Å². The van der Waals surface area contributed by atoms with E-state index in [-0.39, 0.29) is 5.91 Å². The Bertz CT molecular complexity index is 279. The summed E-state index contributed by atoms with van der Waals surface area (Å²) in [5.74, 6) is 0.203. The molecule has 0 aromatic carbocycles. The maximum absolute atomic E-state index is 11.1. The fourth-order valence-corrected chi connectivity index (χ4v) is 2.94. The predicted octanol–water partition coefficient (Wildman–Crippen LogP) is 4.72. The summed E-state index contributed by atoms with van der Waals surface area (Å²) in [7, 11) is 2.03. The maximum Gasteiger partial charge on any atom is 0.219 e. The molecule has 2 N–H and O–H groups in total. The molecule has 0 heterocycles. The van der Waals surface area contributed by atoms with Gasteiger partial charge < -0.3 is 15.4 Å². The van der Waals surface area contributed by atoms with Gasteiger partial charge in [0.15, 0.2) is 0 Å². The third-order valence-corrected chi connectivity index (χ3v) is 3.98. The van der Waals surface area contributed by atoms with Crippen LogP contribution in [0.1, 0.15) is 93.9 Å². The van der Waals surface area contributed by atoms with Crippen LogP contribution in [0.4, 0.5) is 0 Å². The average molecular weight is 345 g/mol. The van der Waals surface area contributed by atoms with Crippen LogP contribution in [0.2, 0.25) is 0 Å². The molecule has 0 unspecified atom stereocenters. The van der Waals surface area contributed by atoms with Gasteiger partial charge >= 0.3 is 0 Å². The third-order valence-electron chi connectivity index (χ3n) is 3.98. The van der Waals surface area contributed by atoms with Crippen molar-refractivity contribution in [2.45, 2.75) is 106 Å². The Balaban J connectivity index is -0.000000375. The van der Waals surface area contributed by atoms with Crippen molar-refractivity contribution in [3.8, 4) is 0 Å². The van der Waals surface area contributed by atoms with Crippen molar-refractivity contribution >= 4 is 12.2 Å². The molecule has 24 heavy (non-hydrogen) atoms. The van der Waals surface area contributed by atoms with E-state index in [4.69, 9.17) is 0 Å². The fraction of sp³-hybridized carbons (Fsp3) is 0.900. The number of nitrogens with one attached hydrogen (secondary N) is 2. The van der Waals surface area contributed by atoms with Crippen LogP contribution in [0.25, 0.3) is 0 Å². The first kappa shape index (κ1) is 27.9. The number of carbonyl (C=O) groups excluding carboxylic acids is 2. The second kappa shape index (κ2) is 18.4. The van der Waals surface area contributed by atoms with Crippen LogP contribution in [-0.4, -0.2) is 31.3 Å². The number of aldehydes is 1. The van der Waals surface area contributed by atoms with Crippen molar-refractivity contribution in [2.75, 3.05) is 7.05 Å². The molecule has 2 aliphatic rings. The van der Waals surface area contributed by atoms with Crippen LogP contribution in [0.15, 0.2) is 0 Å². The Labute approximate surface area is 151 Å². The molecule has 1 amide bonds. The Morgan fingerprint density at radius 1 is 0.958 bits per heavy atom. The SMILES string of the molecule is CC.CC.CC.CCC(=O)NC1CC2(CC(NC)C2)C1.CCC=O. The highest BCUT2D eigenvalue weighted by molar-refractivity contribution is 5.76. The number of hydrogen-bond acceptors (Lipinski definition) is 3. The van der Waals surface area contributed by atoms with Gasteiger partial charge in [0.25, 0.3) is 0 Å². The smallest absolute Gasteiger partial charge is 0.219 e. The molecule has 0 saturated heterocycles. The minimum Gasteiger partial charge on any atom is -0.353 e. The molecule has 2 saturated carbocycles. The van der Waals surface area contributed by atoms with E-state index in [0.29, 0.717) is 24.3 Å². The minimum absolute atomic E-state index is 0.203. The molecular weight excluding hydrogens is 300 g/mol. The highest BCUT2D eigenvalue weighted by atomic mass is 16.1. The van der Waals surface area contributed by atoms with E-state index in [1.807, 2.05) is 62.4 Å². The van der Waals surface area contributed by atoms with Crippen molar-refractivity contribution in [2.24, 2.45) is 5.41 Å². The normalized spacial score (nSPS) is 25.2. The first-order chi connectivity index (χ1) is 11.6. The standard InChI is InChI=1S/C11H20N2O.C3H6O.3C2H6/c1-3-10(14)13-9-6-11(7-9)4-8(5-11)12-2;1-2-3-4;3*1-2/h8-9,12H,3-7H2,1-2H3,(H,13,14);3H,2H2,1H3;3*1-2H3. The van der Waals surface area contributed by atoms with Crippen molar-refractivity contribution in [1.82, 2.24) is 10.6 Å². The van der Waals surface area contributed by atoms with Crippen LogP contribution in [-0.2, 0) is 9.59 Å². The lowest BCUT2D eigenvalue weighted by Gasteiger charge is -2.57. The van der Waals surface area contributed by atoms with Crippen LogP contribution in [0.3, 0.4) is 0 Å². The zero-order valence-electron chi connectivity index (χ0n) is 17.8. The molecule has 0 bridgehead atoms. The van der Waals surface area contributed by atoms with Crippen LogP contribution in [0.5, 0.6) is 0 Å². The summed E-state index contributed by atoms with van der Waals surface area (Å²) in [6, 6.07) is 1.21. The Kier molecular flexibility index (Phi) is 21.5. The third kappa shape index (κ3) is 10.8. The maximum atomic E-state index is 11.1. The second-order valence-corrected chi connectivity index (χ2v) is 5.50. The lowest BCUT2D eigenvalue weighted by molar-refractivity contribution is -0.124. The van der Waals surface area contributed by atoms with Gasteiger partial charge in [0.1, 0.15) is 6.29 Å². The summed E-state index contributed by atoms with van der Waals surface area (Å²) in [4.78, 5) is 20.3. The molecule has 0 atom stereocenters. The molecule has 2 aliphatic carbocycles. The van der Waals surface area contributed by atoms with Gasteiger partial charge in [-0.25, -0.2) is 0 Å². The molecule has 2 fully saturated rings. The number of carbonyl (C=O) groups is 2. The zero-order valence-corrected chi connectivity index (χ0v) is 17.8.